The van der Waals surface area contributed by atoms with Gasteiger partial charge in [-0.25, -0.2) is 0 Å². The molecule has 0 aromatic carbocycles. The van der Waals surface area contributed by atoms with Crippen molar-refractivity contribution in [3.63, 3.8) is 0 Å². The molecule has 1 aliphatic carbocycles. The van der Waals surface area contributed by atoms with Gasteiger partial charge in [0.1, 0.15) is 0 Å². The normalized spacial score (nSPS) is 22.8. The summed E-state index contributed by atoms with van der Waals surface area (Å²) in [5, 5.41) is 0. The van der Waals surface area contributed by atoms with E-state index in [4.69, 9.17) is 0 Å². The number of hydrogen-bond donors (Lipinski definition) is 0. The molecule has 0 saturated heterocycles. The molecule has 0 saturated carbocycles. The maximum Gasteiger partial charge on any atom is -0.0253 e. The van der Waals surface area contributed by atoms with Gasteiger partial charge in [0, 0.05) is 0 Å². The van der Waals surface area contributed by atoms with Crippen LogP contribution in [0.2, 0.25) is 0 Å². The van der Waals surface area contributed by atoms with Crippen molar-refractivity contribution in [3.05, 3.63) is 48.1 Å². The van der Waals surface area contributed by atoms with E-state index in [-0.39, 0.29) is 0 Å². The van der Waals surface area contributed by atoms with E-state index < -0.39 is 0 Å². The molecule has 0 N–H and O–H groups in total. The summed E-state index contributed by atoms with van der Waals surface area (Å²) in [5.41, 5.74) is 3.75. The van der Waals surface area contributed by atoms with E-state index in [0.29, 0.717) is 0 Å². The first-order chi connectivity index (χ1) is 6.13. The highest BCUT2D eigenvalue weighted by Crippen LogP contribution is 2.28. The zero-order valence-electron chi connectivity index (χ0n) is 8.64. The minimum atomic E-state index is 0.726. The Kier molecular flexibility index (Phi) is 3.30. The molecule has 13 heavy (non-hydrogen) atoms. The molecule has 0 aromatic heterocycles. The lowest BCUT2D eigenvalue weighted by atomic mass is 10.1. The van der Waals surface area contributed by atoms with Crippen LogP contribution in [0.4, 0.5) is 0 Å². The van der Waals surface area contributed by atoms with Crippen LogP contribution in [-0.4, -0.2) is 0 Å². The van der Waals surface area contributed by atoms with E-state index >= 15 is 0 Å². The van der Waals surface area contributed by atoms with E-state index in [1.807, 2.05) is 6.08 Å². The lowest BCUT2D eigenvalue weighted by molar-refractivity contribution is 0.699. The Morgan fingerprint density at radius 2 is 2.31 bits per heavy atom. The molecule has 0 aromatic rings. The number of hydrogen-bond acceptors (Lipinski definition) is 0. The summed E-state index contributed by atoms with van der Waals surface area (Å²) in [6.07, 6.45) is 8.76. The maximum absolute atomic E-state index is 4.07. The first kappa shape index (κ1) is 10.0. The molecule has 0 aliphatic heterocycles. The second kappa shape index (κ2) is 4.27. The molecule has 1 rings (SSSR count). The average Bonchev–Trinajstić information content (AvgIpc) is 2.51. The Bertz CT molecular complexity index is 276. The topological polar surface area (TPSA) is 0 Å². The Labute approximate surface area is 81.4 Å². The Morgan fingerprint density at radius 1 is 1.62 bits per heavy atom. The molecular weight excluding hydrogens is 156 g/mol. The Morgan fingerprint density at radius 3 is 2.77 bits per heavy atom. The van der Waals surface area contributed by atoms with Gasteiger partial charge in [-0.3, -0.25) is 0 Å². The summed E-state index contributed by atoms with van der Waals surface area (Å²) in [7, 11) is 0. The highest BCUT2D eigenvalue weighted by molar-refractivity contribution is 5.42. The summed E-state index contributed by atoms with van der Waals surface area (Å²) >= 11 is 0. The third-order valence-corrected chi connectivity index (χ3v) is 2.49. The molecule has 1 unspecified atom stereocenters. The van der Waals surface area contributed by atoms with Crippen LogP contribution in [0.15, 0.2) is 48.1 Å². The van der Waals surface area contributed by atoms with Crippen LogP contribution in [0.1, 0.15) is 26.7 Å². The zero-order chi connectivity index (χ0) is 9.84. The van der Waals surface area contributed by atoms with Gasteiger partial charge in [0.05, 0.1) is 0 Å². The van der Waals surface area contributed by atoms with Gasteiger partial charge in [-0.1, -0.05) is 43.9 Å². The number of allylic oxidation sites excluding steroid dienone is 6. The van der Waals surface area contributed by atoms with Crippen molar-refractivity contribution in [2.45, 2.75) is 26.7 Å². The van der Waals surface area contributed by atoms with Gasteiger partial charge < -0.3 is 0 Å². The molecule has 0 amide bonds. The van der Waals surface area contributed by atoms with Crippen LogP contribution < -0.4 is 0 Å². The summed E-state index contributed by atoms with van der Waals surface area (Å²) in [5.74, 6) is 0.726. The second-order valence-corrected chi connectivity index (χ2v) is 3.83. The fourth-order valence-electron chi connectivity index (χ4n) is 1.59. The van der Waals surface area contributed by atoms with Crippen LogP contribution in [0.5, 0.6) is 0 Å². The molecule has 0 spiro atoms. The van der Waals surface area contributed by atoms with Crippen molar-refractivity contribution < 1.29 is 0 Å². The Balaban J connectivity index is 2.69. The van der Waals surface area contributed by atoms with Crippen LogP contribution in [0.3, 0.4) is 0 Å². The van der Waals surface area contributed by atoms with Crippen molar-refractivity contribution in [2.75, 3.05) is 0 Å². The molecule has 1 atom stereocenters. The maximum atomic E-state index is 4.07. The molecule has 0 bridgehead atoms. The predicted molar refractivity (Wildman–Crippen MR) is 59.6 cm³/mol. The third kappa shape index (κ3) is 2.73. The first-order valence-corrected chi connectivity index (χ1v) is 4.84. The highest BCUT2D eigenvalue weighted by Gasteiger charge is 2.12. The van der Waals surface area contributed by atoms with Crippen molar-refractivity contribution >= 4 is 0 Å². The van der Waals surface area contributed by atoms with Crippen LogP contribution in [0.25, 0.3) is 0 Å². The lowest BCUT2D eigenvalue weighted by Crippen LogP contribution is -1.81. The SMILES string of the molecule is C=C/C(C)=C\C(=C)C1=CC(C)CC1. The van der Waals surface area contributed by atoms with E-state index in [0.717, 1.165) is 11.5 Å². The molecule has 0 heteroatoms. The van der Waals surface area contributed by atoms with E-state index in [1.165, 1.54) is 24.0 Å². The van der Waals surface area contributed by atoms with Gasteiger partial charge in [-0.2, -0.15) is 0 Å². The summed E-state index contributed by atoms with van der Waals surface area (Å²) in [6.45, 7) is 12.1. The van der Waals surface area contributed by atoms with Crippen LogP contribution in [0, 0.1) is 5.92 Å². The fourth-order valence-corrected chi connectivity index (χ4v) is 1.59. The standard InChI is InChI=1S/C13H18/c1-5-10(2)8-12(4)13-7-6-11(3)9-13/h5,8-9,11H,1,4,6-7H2,2-3H3/b10-8-. The van der Waals surface area contributed by atoms with Gasteiger partial charge in [0.15, 0.2) is 0 Å². The van der Waals surface area contributed by atoms with E-state index in [9.17, 15) is 0 Å². The molecule has 1 aliphatic rings. The van der Waals surface area contributed by atoms with Crippen LogP contribution in [-0.2, 0) is 0 Å². The summed E-state index contributed by atoms with van der Waals surface area (Å²) < 4.78 is 0. The zero-order valence-corrected chi connectivity index (χ0v) is 8.64. The van der Waals surface area contributed by atoms with E-state index in [1.54, 1.807) is 0 Å². The summed E-state index contributed by atoms with van der Waals surface area (Å²) in [4.78, 5) is 0. The van der Waals surface area contributed by atoms with Crippen molar-refractivity contribution in [3.8, 4) is 0 Å². The van der Waals surface area contributed by atoms with Crippen molar-refractivity contribution in [1.29, 1.82) is 0 Å². The highest BCUT2D eigenvalue weighted by atomic mass is 14.2. The first-order valence-electron chi connectivity index (χ1n) is 4.84. The van der Waals surface area contributed by atoms with Gasteiger partial charge in [0.2, 0.25) is 0 Å². The van der Waals surface area contributed by atoms with Gasteiger partial charge in [-0.05, 0) is 36.8 Å². The quantitative estimate of drug-likeness (QED) is 0.567. The molecule has 0 radical (unpaired) electrons. The minimum absolute atomic E-state index is 0.726. The third-order valence-electron chi connectivity index (χ3n) is 2.49. The second-order valence-electron chi connectivity index (χ2n) is 3.83. The van der Waals surface area contributed by atoms with Crippen molar-refractivity contribution in [1.82, 2.24) is 0 Å². The van der Waals surface area contributed by atoms with Gasteiger partial charge >= 0.3 is 0 Å². The fraction of sp³-hybridized carbons (Fsp3) is 0.385. The number of rotatable bonds is 3. The van der Waals surface area contributed by atoms with Crippen LogP contribution >= 0.6 is 0 Å². The largest absolute Gasteiger partial charge is 0.0988 e. The van der Waals surface area contributed by atoms with Gasteiger partial charge in [-0.15, -0.1) is 0 Å². The molecule has 0 heterocycles. The van der Waals surface area contributed by atoms with Gasteiger partial charge in [0.25, 0.3) is 0 Å². The molecule has 0 nitrogen and oxygen atoms in total. The Hall–Kier alpha value is -1.04. The monoisotopic (exact) mass is 174 g/mol. The van der Waals surface area contributed by atoms with E-state index in [2.05, 4.69) is 39.2 Å². The minimum Gasteiger partial charge on any atom is -0.0988 e. The molecular formula is C13H18. The lowest BCUT2D eigenvalue weighted by Gasteiger charge is -2.00. The molecule has 70 valence electrons. The average molecular weight is 174 g/mol. The summed E-state index contributed by atoms with van der Waals surface area (Å²) in [6, 6.07) is 0. The smallest absolute Gasteiger partial charge is 0.0253 e. The predicted octanol–water partition coefficient (Wildman–Crippen LogP) is 4.03. The van der Waals surface area contributed by atoms with Crippen molar-refractivity contribution in [2.24, 2.45) is 5.92 Å². The molecule has 0 fully saturated rings.